The summed E-state index contributed by atoms with van der Waals surface area (Å²) in [6.45, 7) is 0. The molecule has 118 valence electrons. The van der Waals surface area contributed by atoms with Crippen molar-refractivity contribution in [1.82, 2.24) is 10.2 Å². The molecule has 0 unspecified atom stereocenters. The third kappa shape index (κ3) is 4.09. The van der Waals surface area contributed by atoms with Crippen LogP contribution in [0.3, 0.4) is 0 Å². The van der Waals surface area contributed by atoms with Crippen LogP contribution in [0.15, 0.2) is 42.5 Å². The summed E-state index contributed by atoms with van der Waals surface area (Å²) in [6.07, 6.45) is -0.877. The lowest BCUT2D eigenvalue weighted by Crippen LogP contribution is -2.52. The van der Waals surface area contributed by atoms with Crippen LogP contribution in [0.4, 0.5) is 10.5 Å². The number of nitrogens with zero attached hydrogens (tertiary/aromatic N) is 1. The standard InChI is InChI=1S/C15H16Cl3N3O/c1-21(2)14(22)20-13(15(16,17)18)19-12-9-5-7-10-6-3-4-8-11(10)12/h3-9,13,19H,1-2H3,(H,20,22)/t13-/m0/s1. The summed E-state index contributed by atoms with van der Waals surface area (Å²) < 4.78 is -1.71. The number of hydrogen-bond acceptors (Lipinski definition) is 2. The van der Waals surface area contributed by atoms with E-state index in [9.17, 15) is 4.79 Å². The predicted octanol–water partition coefficient (Wildman–Crippen LogP) is 4.22. The number of carbonyl (C=O) groups excluding carboxylic acids is 1. The molecule has 0 saturated carbocycles. The van der Waals surface area contributed by atoms with E-state index in [1.54, 1.807) is 14.1 Å². The maximum atomic E-state index is 11.9. The number of rotatable bonds is 3. The van der Waals surface area contributed by atoms with Crippen LogP contribution in [0.5, 0.6) is 0 Å². The van der Waals surface area contributed by atoms with Crippen LogP contribution in [-0.4, -0.2) is 35.0 Å². The van der Waals surface area contributed by atoms with Gasteiger partial charge < -0.3 is 15.5 Å². The molecule has 2 aromatic carbocycles. The molecule has 0 radical (unpaired) electrons. The van der Waals surface area contributed by atoms with Gasteiger partial charge in [-0.25, -0.2) is 4.79 Å². The molecule has 4 nitrogen and oxygen atoms in total. The number of alkyl halides is 3. The van der Waals surface area contributed by atoms with Crippen molar-refractivity contribution in [2.75, 3.05) is 19.4 Å². The van der Waals surface area contributed by atoms with E-state index in [0.29, 0.717) is 0 Å². The first-order chi connectivity index (χ1) is 10.3. The van der Waals surface area contributed by atoms with Gasteiger partial charge in [0.15, 0.2) is 0 Å². The van der Waals surface area contributed by atoms with Crippen molar-refractivity contribution in [2.24, 2.45) is 0 Å². The number of benzene rings is 2. The molecule has 0 bridgehead atoms. The monoisotopic (exact) mass is 359 g/mol. The molecular formula is C15H16Cl3N3O. The lowest BCUT2D eigenvalue weighted by Gasteiger charge is -2.29. The van der Waals surface area contributed by atoms with Gasteiger partial charge in [-0.05, 0) is 11.5 Å². The van der Waals surface area contributed by atoms with Gasteiger partial charge in [0.05, 0.1) is 0 Å². The van der Waals surface area contributed by atoms with Crippen molar-refractivity contribution < 1.29 is 4.79 Å². The van der Waals surface area contributed by atoms with Crippen molar-refractivity contribution >= 4 is 57.3 Å². The Morgan fingerprint density at radius 3 is 2.36 bits per heavy atom. The van der Waals surface area contributed by atoms with Gasteiger partial charge in [0, 0.05) is 25.2 Å². The Kier molecular flexibility index (Phi) is 5.27. The molecule has 0 spiro atoms. The number of hydrogen-bond donors (Lipinski definition) is 2. The summed E-state index contributed by atoms with van der Waals surface area (Å²) >= 11 is 18.0. The minimum atomic E-state index is -1.71. The van der Waals surface area contributed by atoms with E-state index in [1.807, 2.05) is 42.5 Å². The zero-order valence-corrected chi connectivity index (χ0v) is 14.4. The summed E-state index contributed by atoms with van der Waals surface area (Å²) in [5, 5.41) is 7.77. The highest BCUT2D eigenvalue weighted by Gasteiger charge is 2.34. The van der Waals surface area contributed by atoms with Crippen molar-refractivity contribution in [2.45, 2.75) is 9.96 Å². The molecule has 1 atom stereocenters. The second-order valence-corrected chi connectivity index (χ2v) is 7.36. The molecule has 0 aromatic heterocycles. The zero-order chi connectivity index (χ0) is 16.3. The summed E-state index contributed by atoms with van der Waals surface area (Å²) in [4.78, 5) is 13.2. The van der Waals surface area contributed by atoms with Gasteiger partial charge in [0.1, 0.15) is 6.17 Å². The molecule has 2 N–H and O–H groups in total. The number of nitrogens with one attached hydrogen (secondary N) is 2. The maximum Gasteiger partial charge on any atom is 0.318 e. The van der Waals surface area contributed by atoms with Crippen LogP contribution in [0.2, 0.25) is 0 Å². The Hall–Kier alpha value is -1.36. The Bertz CT molecular complexity index is 665. The van der Waals surface area contributed by atoms with E-state index in [0.717, 1.165) is 16.5 Å². The SMILES string of the molecule is CN(C)C(=O)N[C@H](Nc1cccc2ccccc12)C(Cl)(Cl)Cl. The van der Waals surface area contributed by atoms with Crippen molar-refractivity contribution in [1.29, 1.82) is 0 Å². The van der Waals surface area contributed by atoms with E-state index in [4.69, 9.17) is 34.8 Å². The van der Waals surface area contributed by atoms with Crippen molar-refractivity contribution in [3.05, 3.63) is 42.5 Å². The highest BCUT2D eigenvalue weighted by molar-refractivity contribution is 6.68. The van der Waals surface area contributed by atoms with Gasteiger partial charge in [0.2, 0.25) is 3.79 Å². The Balaban J connectivity index is 2.31. The molecule has 2 amide bonds. The van der Waals surface area contributed by atoms with Crippen LogP contribution in [0.25, 0.3) is 10.8 Å². The first-order valence-electron chi connectivity index (χ1n) is 6.58. The van der Waals surface area contributed by atoms with E-state index in [2.05, 4.69) is 10.6 Å². The lowest BCUT2D eigenvalue weighted by molar-refractivity contribution is 0.214. The fourth-order valence-corrected chi connectivity index (χ4v) is 2.29. The highest BCUT2D eigenvalue weighted by atomic mass is 35.6. The first-order valence-corrected chi connectivity index (χ1v) is 7.71. The van der Waals surface area contributed by atoms with Gasteiger partial charge in [-0.15, -0.1) is 0 Å². The van der Waals surface area contributed by atoms with Crippen LogP contribution < -0.4 is 10.6 Å². The molecule has 0 aliphatic carbocycles. The molecule has 0 fully saturated rings. The minimum absolute atomic E-state index is 0.357. The molecule has 0 aliphatic heterocycles. The third-order valence-corrected chi connectivity index (χ3v) is 3.75. The average Bonchev–Trinajstić information content (AvgIpc) is 2.45. The molecule has 0 heterocycles. The third-order valence-electron chi connectivity index (χ3n) is 3.09. The summed E-state index contributed by atoms with van der Waals surface area (Å²) in [5.41, 5.74) is 0.772. The fraction of sp³-hybridized carbons (Fsp3) is 0.267. The van der Waals surface area contributed by atoms with Crippen molar-refractivity contribution in [3.63, 3.8) is 0 Å². The number of anilines is 1. The minimum Gasteiger partial charge on any atom is -0.361 e. The van der Waals surface area contributed by atoms with Gasteiger partial charge in [0.25, 0.3) is 0 Å². The summed E-state index contributed by atoms with van der Waals surface area (Å²) in [6, 6.07) is 13.2. The fourth-order valence-electron chi connectivity index (χ4n) is 1.96. The largest absolute Gasteiger partial charge is 0.361 e. The molecule has 2 aromatic rings. The van der Waals surface area contributed by atoms with Gasteiger partial charge in [-0.2, -0.15) is 0 Å². The quantitative estimate of drug-likeness (QED) is 0.636. The van der Waals surface area contributed by atoms with Crippen LogP contribution >= 0.6 is 34.8 Å². The number of fused-ring (bicyclic) bond motifs is 1. The van der Waals surface area contributed by atoms with Crippen LogP contribution in [0.1, 0.15) is 0 Å². The maximum absolute atomic E-state index is 11.9. The van der Waals surface area contributed by atoms with E-state index < -0.39 is 9.96 Å². The summed E-state index contributed by atoms with van der Waals surface area (Å²) in [7, 11) is 3.23. The Morgan fingerprint density at radius 1 is 1.09 bits per heavy atom. The lowest BCUT2D eigenvalue weighted by atomic mass is 10.1. The Morgan fingerprint density at radius 2 is 1.73 bits per heavy atom. The van der Waals surface area contributed by atoms with Crippen LogP contribution in [0, 0.1) is 0 Å². The second kappa shape index (κ2) is 6.82. The first kappa shape index (κ1) is 17.0. The molecule has 7 heteroatoms. The topological polar surface area (TPSA) is 44.4 Å². The van der Waals surface area contributed by atoms with E-state index >= 15 is 0 Å². The number of amides is 2. The van der Waals surface area contributed by atoms with Crippen LogP contribution in [-0.2, 0) is 0 Å². The summed E-state index contributed by atoms with van der Waals surface area (Å²) in [5.74, 6) is 0. The van der Waals surface area contributed by atoms with Gasteiger partial charge >= 0.3 is 6.03 Å². The Labute approximate surface area is 144 Å². The van der Waals surface area contributed by atoms with E-state index in [1.165, 1.54) is 4.90 Å². The smallest absolute Gasteiger partial charge is 0.318 e. The molecule has 0 aliphatic rings. The second-order valence-electron chi connectivity index (χ2n) is 4.99. The average molecular weight is 361 g/mol. The predicted molar refractivity (Wildman–Crippen MR) is 93.9 cm³/mol. The molecule has 2 rings (SSSR count). The molecule has 0 saturated heterocycles. The zero-order valence-electron chi connectivity index (χ0n) is 12.1. The van der Waals surface area contributed by atoms with E-state index in [-0.39, 0.29) is 6.03 Å². The normalized spacial score (nSPS) is 12.8. The number of halogens is 3. The van der Waals surface area contributed by atoms with Gasteiger partial charge in [-0.1, -0.05) is 71.2 Å². The number of carbonyl (C=O) groups is 1. The van der Waals surface area contributed by atoms with Gasteiger partial charge in [-0.3, -0.25) is 0 Å². The molecular weight excluding hydrogens is 345 g/mol. The molecule has 22 heavy (non-hydrogen) atoms. The van der Waals surface area contributed by atoms with Crippen molar-refractivity contribution in [3.8, 4) is 0 Å². The number of urea groups is 1. The highest BCUT2D eigenvalue weighted by Crippen LogP contribution is 2.33.